The van der Waals surface area contributed by atoms with Crippen LogP contribution in [0.15, 0.2) is 24.3 Å². The average Bonchev–Trinajstić information content (AvgIpc) is 2.70. The number of hydrogen-bond acceptors (Lipinski definition) is 5. The Morgan fingerprint density at radius 3 is 2.83 bits per heavy atom. The van der Waals surface area contributed by atoms with E-state index in [0.29, 0.717) is 23.3 Å². The number of para-hydroxylation sites is 2. The summed E-state index contributed by atoms with van der Waals surface area (Å²) in [7, 11) is 0. The highest BCUT2D eigenvalue weighted by Gasteiger charge is 2.30. The molecule has 0 unspecified atom stereocenters. The van der Waals surface area contributed by atoms with Gasteiger partial charge in [0.2, 0.25) is 0 Å². The summed E-state index contributed by atoms with van der Waals surface area (Å²) in [6.45, 7) is 6.08. The number of ether oxygens (including phenoxy) is 2. The first kappa shape index (κ1) is 21.1. The number of anilines is 1. The molecular weight excluding hydrogens is 372 g/mol. The molecule has 1 aliphatic carbocycles. The smallest absolute Gasteiger partial charge is 0.308 e. The Bertz CT molecular complexity index is 765. The largest absolute Gasteiger partial charge is 0.482 e. The molecular formula is C22H30N2O5. The molecule has 1 aromatic rings. The summed E-state index contributed by atoms with van der Waals surface area (Å²) in [6, 6.07) is 7.32. The van der Waals surface area contributed by atoms with E-state index in [2.05, 4.69) is 19.2 Å². The molecule has 0 radical (unpaired) electrons. The summed E-state index contributed by atoms with van der Waals surface area (Å²) in [4.78, 5) is 38.4. The summed E-state index contributed by atoms with van der Waals surface area (Å²) < 4.78 is 10.7. The second-order valence-corrected chi connectivity index (χ2v) is 8.07. The van der Waals surface area contributed by atoms with Gasteiger partial charge in [-0.05, 0) is 37.3 Å². The van der Waals surface area contributed by atoms with Crippen LogP contribution in [0.3, 0.4) is 0 Å². The van der Waals surface area contributed by atoms with Gasteiger partial charge in [0.05, 0.1) is 12.1 Å². The van der Waals surface area contributed by atoms with Crippen LogP contribution in [-0.4, -0.2) is 43.1 Å². The molecule has 29 heavy (non-hydrogen) atoms. The van der Waals surface area contributed by atoms with Crippen molar-refractivity contribution in [2.24, 2.45) is 11.8 Å². The van der Waals surface area contributed by atoms with E-state index < -0.39 is 12.1 Å². The first-order valence-corrected chi connectivity index (χ1v) is 10.4. The van der Waals surface area contributed by atoms with Gasteiger partial charge < -0.3 is 19.7 Å². The Hall–Kier alpha value is -2.57. The molecule has 0 aromatic heterocycles. The van der Waals surface area contributed by atoms with Gasteiger partial charge in [-0.15, -0.1) is 0 Å². The second-order valence-electron chi connectivity index (χ2n) is 8.07. The highest BCUT2D eigenvalue weighted by atomic mass is 16.5. The lowest BCUT2D eigenvalue weighted by Gasteiger charge is -2.35. The predicted octanol–water partition coefficient (Wildman–Crippen LogP) is 2.67. The fourth-order valence-electron chi connectivity index (χ4n) is 4.00. The number of benzene rings is 1. The first-order chi connectivity index (χ1) is 13.9. The average molecular weight is 402 g/mol. The van der Waals surface area contributed by atoms with Gasteiger partial charge in [-0.3, -0.25) is 14.4 Å². The summed E-state index contributed by atoms with van der Waals surface area (Å²) in [5, 5.41) is 3.03. The lowest BCUT2D eigenvalue weighted by molar-refractivity contribution is -0.155. The number of amides is 2. The van der Waals surface area contributed by atoms with Crippen molar-refractivity contribution in [1.82, 2.24) is 5.32 Å². The maximum atomic E-state index is 12.5. The van der Waals surface area contributed by atoms with E-state index in [1.807, 2.05) is 12.1 Å². The van der Waals surface area contributed by atoms with Gasteiger partial charge in [-0.2, -0.15) is 0 Å². The molecule has 0 spiro atoms. The molecule has 1 N–H and O–H groups in total. The SMILES string of the molecule is C[C@H]1[C@@H](NC(=O)[C@@H](C)OC(=O)CCN2C(=O)COc3ccccc32)CCC[C@@H]1C. The summed E-state index contributed by atoms with van der Waals surface area (Å²) in [5.41, 5.74) is 0.641. The second kappa shape index (κ2) is 9.29. The highest BCUT2D eigenvalue weighted by molar-refractivity contribution is 5.98. The van der Waals surface area contributed by atoms with Crippen molar-refractivity contribution in [1.29, 1.82) is 0 Å². The Morgan fingerprint density at radius 1 is 1.28 bits per heavy atom. The van der Waals surface area contributed by atoms with Gasteiger partial charge in [0.1, 0.15) is 5.75 Å². The standard InChI is InChI=1S/C22H30N2O5/c1-14-7-6-8-17(15(14)2)23-22(27)16(3)29-21(26)11-12-24-18-9-4-5-10-19(18)28-13-20(24)25/h4-5,9-10,14-17H,6-8,11-13H2,1-3H3,(H,23,27)/t14-,15+,16+,17-/m0/s1. The van der Waals surface area contributed by atoms with Crippen LogP contribution in [0.2, 0.25) is 0 Å². The molecule has 0 saturated heterocycles. The summed E-state index contributed by atoms with van der Waals surface area (Å²) >= 11 is 0. The minimum atomic E-state index is -0.861. The zero-order valence-electron chi connectivity index (χ0n) is 17.3. The van der Waals surface area contributed by atoms with Crippen LogP contribution in [-0.2, 0) is 19.1 Å². The molecule has 1 aliphatic heterocycles. The Kier molecular flexibility index (Phi) is 6.77. The van der Waals surface area contributed by atoms with E-state index in [1.54, 1.807) is 19.1 Å². The van der Waals surface area contributed by atoms with Crippen LogP contribution in [0.4, 0.5) is 5.69 Å². The number of nitrogens with zero attached hydrogens (tertiary/aromatic N) is 1. The minimum absolute atomic E-state index is 0.00849. The number of nitrogens with one attached hydrogen (secondary N) is 1. The third-order valence-electron chi connectivity index (χ3n) is 6.06. The van der Waals surface area contributed by atoms with Crippen molar-refractivity contribution < 1.29 is 23.9 Å². The molecule has 7 nitrogen and oxygen atoms in total. The molecule has 158 valence electrons. The lowest BCUT2D eigenvalue weighted by atomic mass is 9.78. The number of carbonyl (C=O) groups excluding carboxylic acids is 3. The van der Waals surface area contributed by atoms with Gasteiger partial charge in [0.15, 0.2) is 12.7 Å². The van der Waals surface area contributed by atoms with Crippen LogP contribution in [0.1, 0.15) is 46.5 Å². The maximum absolute atomic E-state index is 12.5. The highest BCUT2D eigenvalue weighted by Crippen LogP contribution is 2.31. The molecule has 1 aromatic carbocycles. The fourth-order valence-corrected chi connectivity index (χ4v) is 4.00. The Balaban J connectivity index is 1.49. The van der Waals surface area contributed by atoms with E-state index in [9.17, 15) is 14.4 Å². The molecule has 2 amide bonds. The van der Waals surface area contributed by atoms with E-state index in [1.165, 1.54) is 11.3 Å². The maximum Gasteiger partial charge on any atom is 0.308 e. The normalized spacial score (nSPS) is 24.9. The lowest BCUT2D eigenvalue weighted by Crippen LogP contribution is -2.47. The van der Waals surface area contributed by atoms with Crippen LogP contribution >= 0.6 is 0 Å². The van der Waals surface area contributed by atoms with Gasteiger partial charge in [0.25, 0.3) is 11.8 Å². The van der Waals surface area contributed by atoms with Gasteiger partial charge in [-0.1, -0.05) is 38.8 Å². The topological polar surface area (TPSA) is 84.9 Å². The Morgan fingerprint density at radius 2 is 2.03 bits per heavy atom. The van der Waals surface area contributed by atoms with Crippen LogP contribution in [0.5, 0.6) is 5.75 Å². The van der Waals surface area contributed by atoms with Gasteiger partial charge >= 0.3 is 5.97 Å². The number of carbonyl (C=O) groups is 3. The van der Waals surface area contributed by atoms with E-state index in [-0.39, 0.29) is 37.4 Å². The van der Waals surface area contributed by atoms with Gasteiger partial charge in [0, 0.05) is 12.6 Å². The van der Waals surface area contributed by atoms with Crippen molar-refractivity contribution >= 4 is 23.5 Å². The number of rotatable bonds is 6. The van der Waals surface area contributed by atoms with Crippen LogP contribution in [0, 0.1) is 11.8 Å². The molecule has 2 aliphatic rings. The zero-order chi connectivity index (χ0) is 21.0. The molecule has 0 bridgehead atoms. The quantitative estimate of drug-likeness (QED) is 0.740. The summed E-state index contributed by atoms with van der Waals surface area (Å²) in [6.07, 6.45) is 2.38. The Labute approximate surface area is 171 Å². The molecule has 7 heteroatoms. The van der Waals surface area contributed by atoms with Crippen LogP contribution < -0.4 is 15.0 Å². The van der Waals surface area contributed by atoms with Crippen molar-refractivity contribution in [3.63, 3.8) is 0 Å². The minimum Gasteiger partial charge on any atom is -0.482 e. The third kappa shape index (κ3) is 5.08. The van der Waals surface area contributed by atoms with E-state index >= 15 is 0 Å². The molecule has 1 heterocycles. The van der Waals surface area contributed by atoms with Gasteiger partial charge in [-0.25, -0.2) is 0 Å². The summed E-state index contributed by atoms with van der Waals surface area (Å²) in [5.74, 6) is 0.613. The van der Waals surface area contributed by atoms with E-state index in [4.69, 9.17) is 9.47 Å². The van der Waals surface area contributed by atoms with Crippen molar-refractivity contribution in [3.05, 3.63) is 24.3 Å². The first-order valence-electron chi connectivity index (χ1n) is 10.4. The van der Waals surface area contributed by atoms with Crippen molar-refractivity contribution in [3.8, 4) is 5.75 Å². The number of hydrogen-bond donors (Lipinski definition) is 1. The third-order valence-corrected chi connectivity index (χ3v) is 6.06. The van der Waals surface area contributed by atoms with Crippen LogP contribution in [0.25, 0.3) is 0 Å². The predicted molar refractivity (Wildman–Crippen MR) is 109 cm³/mol. The molecule has 1 saturated carbocycles. The zero-order valence-corrected chi connectivity index (χ0v) is 17.3. The van der Waals surface area contributed by atoms with Crippen molar-refractivity contribution in [2.75, 3.05) is 18.1 Å². The molecule has 3 rings (SSSR count). The molecule has 4 atom stereocenters. The van der Waals surface area contributed by atoms with Crippen molar-refractivity contribution in [2.45, 2.75) is 58.6 Å². The van der Waals surface area contributed by atoms with E-state index in [0.717, 1.165) is 12.8 Å². The fraction of sp³-hybridized carbons (Fsp3) is 0.591. The number of esters is 1. The monoisotopic (exact) mass is 402 g/mol. The molecule has 1 fully saturated rings. The number of fused-ring (bicyclic) bond motifs is 1.